The SMILES string of the molecule is Cc1ccc(-n2c(S[C@H](C)c3nc(C(C)C)no3)nc3ccccc3c2=O)cc1. The third-order valence-corrected chi connectivity index (χ3v) is 5.68. The summed E-state index contributed by atoms with van der Waals surface area (Å²) in [6, 6.07) is 15.2. The molecule has 1 atom stereocenters. The van der Waals surface area contributed by atoms with Crippen molar-refractivity contribution in [1.29, 1.82) is 0 Å². The quantitative estimate of drug-likeness (QED) is 0.341. The smallest absolute Gasteiger partial charge is 0.266 e. The predicted octanol–water partition coefficient (Wildman–Crippen LogP) is 5.05. The highest BCUT2D eigenvalue weighted by molar-refractivity contribution is 7.99. The fourth-order valence-corrected chi connectivity index (χ4v) is 3.93. The topological polar surface area (TPSA) is 73.8 Å². The molecule has 0 aliphatic heterocycles. The Labute approximate surface area is 173 Å². The maximum absolute atomic E-state index is 13.3. The van der Waals surface area contributed by atoms with E-state index >= 15 is 0 Å². The zero-order valence-corrected chi connectivity index (χ0v) is 17.6. The average molecular weight is 407 g/mol. The van der Waals surface area contributed by atoms with E-state index in [0.717, 1.165) is 11.3 Å². The highest BCUT2D eigenvalue weighted by Crippen LogP contribution is 2.34. The molecule has 0 saturated heterocycles. The first-order chi connectivity index (χ1) is 13.9. The number of hydrogen-bond acceptors (Lipinski definition) is 6. The minimum atomic E-state index is -0.153. The van der Waals surface area contributed by atoms with E-state index in [0.29, 0.717) is 27.8 Å². The van der Waals surface area contributed by atoms with Gasteiger partial charge in [-0.05, 0) is 38.1 Å². The number of nitrogens with zero attached hydrogens (tertiary/aromatic N) is 4. The third-order valence-electron chi connectivity index (χ3n) is 4.64. The lowest BCUT2D eigenvalue weighted by atomic mass is 10.2. The van der Waals surface area contributed by atoms with Crippen molar-refractivity contribution in [1.82, 2.24) is 19.7 Å². The molecule has 148 valence electrons. The molecule has 4 rings (SSSR count). The summed E-state index contributed by atoms with van der Waals surface area (Å²) in [5.74, 6) is 1.39. The average Bonchev–Trinajstić information content (AvgIpc) is 3.20. The predicted molar refractivity (Wildman–Crippen MR) is 115 cm³/mol. The fraction of sp³-hybridized carbons (Fsp3) is 0.273. The second-order valence-corrected chi connectivity index (χ2v) is 8.60. The summed E-state index contributed by atoms with van der Waals surface area (Å²) in [6.45, 7) is 8.03. The van der Waals surface area contributed by atoms with E-state index in [4.69, 9.17) is 9.51 Å². The summed E-state index contributed by atoms with van der Waals surface area (Å²) in [5.41, 5.74) is 2.48. The maximum Gasteiger partial charge on any atom is 0.266 e. The number of fused-ring (bicyclic) bond motifs is 1. The summed E-state index contributed by atoms with van der Waals surface area (Å²) >= 11 is 1.43. The molecule has 2 aromatic carbocycles. The summed E-state index contributed by atoms with van der Waals surface area (Å²) in [5, 5.41) is 5.07. The van der Waals surface area contributed by atoms with Crippen molar-refractivity contribution in [2.75, 3.05) is 0 Å². The molecule has 0 aliphatic rings. The van der Waals surface area contributed by atoms with Crippen LogP contribution in [0.5, 0.6) is 0 Å². The van der Waals surface area contributed by atoms with Crippen LogP contribution in [0.25, 0.3) is 16.6 Å². The molecule has 0 fully saturated rings. The van der Waals surface area contributed by atoms with E-state index < -0.39 is 0 Å². The van der Waals surface area contributed by atoms with Gasteiger partial charge in [-0.1, -0.05) is 60.6 Å². The minimum absolute atomic E-state index is 0.0949. The van der Waals surface area contributed by atoms with Crippen LogP contribution in [0, 0.1) is 6.92 Å². The summed E-state index contributed by atoms with van der Waals surface area (Å²) in [4.78, 5) is 22.6. The van der Waals surface area contributed by atoms with Crippen LogP contribution in [0.3, 0.4) is 0 Å². The van der Waals surface area contributed by atoms with Crippen LogP contribution < -0.4 is 5.56 Å². The van der Waals surface area contributed by atoms with Gasteiger partial charge in [0.15, 0.2) is 11.0 Å². The van der Waals surface area contributed by atoms with Crippen molar-refractivity contribution in [2.24, 2.45) is 0 Å². The van der Waals surface area contributed by atoms with E-state index in [-0.39, 0.29) is 16.7 Å². The molecule has 2 aromatic heterocycles. The number of hydrogen-bond donors (Lipinski definition) is 0. The first kappa shape index (κ1) is 19.4. The third kappa shape index (κ3) is 3.82. The monoisotopic (exact) mass is 406 g/mol. The molecule has 0 N–H and O–H groups in total. The van der Waals surface area contributed by atoms with Crippen molar-refractivity contribution >= 4 is 22.7 Å². The molecular weight excluding hydrogens is 384 g/mol. The van der Waals surface area contributed by atoms with Crippen LogP contribution in [0.1, 0.15) is 49.2 Å². The Balaban J connectivity index is 1.82. The first-order valence-corrected chi connectivity index (χ1v) is 10.4. The maximum atomic E-state index is 13.3. The Bertz CT molecular complexity index is 1210. The Hall–Kier alpha value is -2.93. The summed E-state index contributed by atoms with van der Waals surface area (Å²) in [6.07, 6.45) is 0. The number of thioether (sulfide) groups is 1. The lowest BCUT2D eigenvalue weighted by Crippen LogP contribution is -2.22. The highest BCUT2D eigenvalue weighted by atomic mass is 32.2. The summed E-state index contributed by atoms with van der Waals surface area (Å²) in [7, 11) is 0. The molecule has 0 saturated carbocycles. The van der Waals surface area contributed by atoms with Gasteiger partial charge < -0.3 is 4.52 Å². The van der Waals surface area contributed by atoms with Gasteiger partial charge in [-0.3, -0.25) is 9.36 Å². The van der Waals surface area contributed by atoms with E-state index in [1.807, 2.05) is 70.2 Å². The van der Waals surface area contributed by atoms with Gasteiger partial charge in [0.25, 0.3) is 5.56 Å². The van der Waals surface area contributed by atoms with Crippen LogP contribution in [-0.2, 0) is 0 Å². The molecule has 7 heteroatoms. The van der Waals surface area contributed by atoms with Crippen molar-refractivity contribution in [3.63, 3.8) is 0 Å². The zero-order chi connectivity index (χ0) is 20.5. The second kappa shape index (κ2) is 7.83. The van der Waals surface area contributed by atoms with Crippen LogP contribution in [0.15, 0.2) is 63.0 Å². The number of aromatic nitrogens is 4. The van der Waals surface area contributed by atoms with Crippen molar-refractivity contribution in [3.8, 4) is 5.69 Å². The Morgan fingerprint density at radius 2 is 1.72 bits per heavy atom. The Morgan fingerprint density at radius 3 is 2.41 bits per heavy atom. The standard InChI is InChI=1S/C22H22N4O2S/c1-13(2)19-24-20(28-25-19)15(4)29-22-23-18-8-6-5-7-17(18)21(27)26(22)16-11-9-14(3)10-12-16/h5-13,15H,1-4H3/t15-/m1/s1. The highest BCUT2D eigenvalue weighted by Gasteiger charge is 2.21. The van der Waals surface area contributed by atoms with Gasteiger partial charge in [-0.25, -0.2) is 4.98 Å². The molecule has 29 heavy (non-hydrogen) atoms. The Kier molecular flexibility index (Phi) is 5.24. The van der Waals surface area contributed by atoms with Crippen molar-refractivity contribution < 1.29 is 4.52 Å². The fourth-order valence-electron chi connectivity index (χ4n) is 2.97. The lowest BCUT2D eigenvalue weighted by molar-refractivity contribution is 0.373. The number of benzene rings is 2. The second-order valence-electron chi connectivity index (χ2n) is 7.29. The minimum Gasteiger partial charge on any atom is -0.338 e. The van der Waals surface area contributed by atoms with E-state index in [2.05, 4.69) is 10.1 Å². The van der Waals surface area contributed by atoms with E-state index in [1.54, 1.807) is 10.6 Å². The van der Waals surface area contributed by atoms with Crippen molar-refractivity contribution in [2.45, 2.75) is 44.0 Å². The Morgan fingerprint density at radius 1 is 1.00 bits per heavy atom. The molecule has 0 radical (unpaired) electrons. The van der Waals surface area contributed by atoms with Crippen LogP contribution >= 0.6 is 11.8 Å². The molecule has 0 amide bonds. The lowest BCUT2D eigenvalue weighted by Gasteiger charge is -2.15. The van der Waals surface area contributed by atoms with Crippen molar-refractivity contribution in [3.05, 3.63) is 76.2 Å². The normalized spacial score (nSPS) is 12.6. The molecule has 2 heterocycles. The van der Waals surface area contributed by atoms with Gasteiger partial charge in [-0.15, -0.1) is 0 Å². The van der Waals surface area contributed by atoms with E-state index in [1.165, 1.54) is 11.8 Å². The molecule has 0 aliphatic carbocycles. The van der Waals surface area contributed by atoms with Gasteiger partial charge in [0, 0.05) is 5.92 Å². The molecule has 0 bridgehead atoms. The first-order valence-electron chi connectivity index (χ1n) is 9.53. The van der Waals surface area contributed by atoms with Crippen LogP contribution in [0.4, 0.5) is 0 Å². The molecule has 0 unspecified atom stereocenters. The van der Waals surface area contributed by atoms with Gasteiger partial charge in [-0.2, -0.15) is 4.98 Å². The van der Waals surface area contributed by atoms with Crippen LogP contribution in [0.2, 0.25) is 0 Å². The van der Waals surface area contributed by atoms with Gasteiger partial charge >= 0.3 is 0 Å². The van der Waals surface area contributed by atoms with Gasteiger partial charge in [0.05, 0.1) is 21.8 Å². The number of rotatable bonds is 5. The van der Waals surface area contributed by atoms with Gasteiger partial charge in [0.2, 0.25) is 5.89 Å². The van der Waals surface area contributed by atoms with E-state index in [9.17, 15) is 4.79 Å². The molecule has 6 nitrogen and oxygen atoms in total. The molecule has 4 aromatic rings. The van der Waals surface area contributed by atoms with Crippen LogP contribution in [-0.4, -0.2) is 19.7 Å². The van der Waals surface area contributed by atoms with Gasteiger partial charge in [0.1, 0.15) is 0 Å². The number of aryl methyl sites for hydroxylation is 1. The molecular formula is C22H22N4O2S. The zero-order valence-electron chi connectivity index (χ0n) is 16.8. The molecule has 0 spiro atoms. The largest absolute Gasteiger partial charge is 0.338 e. The summed E-state index contributed by atoms with van der Waals surface area (Å²) < 4.78 is 7.10. The number of para-hydroxylation sites is 1.